The van der Waals surface area contributed by atoms with Gasteiger partial charge in [0.15, 0.2) is 0 Å². The maximum atomic E-state index is 12.8. The summed E-state index contributed by atoms with van der Waals surface area (Å²) in [5.74, 6) is -0.165. The van der Waals surface area contributed by atoms with Crippen LogP contribution in [-0.2, 0) is 6.54 Å². The van der Waals surface area contributed by atoms with Gasteiger partial charge in [-0.25, -0.2) is 4.39 Å². The molecule has 1 rings (SSSR count). The van der Waals surface area contributed by atoms with Crippen molar-refractivity contribution in [3.63, 3.8) is 0 Å². The molecule has 0 aliphatic carbocycles. The summed E-state index contributed by atoms with van der Waals surface area (Å²) >= 11 is 0. The minimum atomic E-state index is -0.165. The third-order valence-electron chi connectivity index (χ3n) is 3.29. The number of benzene rings is 1. The molecule has 0 aliphatic heterocycles. The molecule has 0 saturated carbocycles. The molecule has 0 amide bonds. The summed E-state index contributed by atoms with van der Waals surface area (Å²) in [6.07, 6.45) is 3.58. The molecule has 0 saturated heterocycles. The normalized spacial score (nSPS) is 12.9. The predicted octanol–water partition coefficient (Wildman–Crippen LogP) is 3.43. The smallest absolute Gasteiger partial charge is 0.123 e. The third kappa shape index (κ3) is 7.28. The van der Waals surface area contributed by atoms with Crippen LogP contribution in [0.25, 0.3) is 0 Å². The first-order chi connectivity index (χ1) is 9.11. The number of hydrogen-bond acceptors (Lipinski definition) is 2. The van der Waals surface area contributed by atoms with E-state index in [-0.39, 0.29) is 5.82 Å². The molecule has 0 heterocycles. The van der Waals surface area contributed by atoms with Crippen LogP contribution >= 0.6 is 0 Å². The van der Waals surface area contributed by atoms with Crippen LogP contribution in [0.5, 0.6) is 0 Å². The molecule has 108 valence electrons. The molecular weight excluding hydrogens is 239 g/mol. The van der Waals surface area contributed by atoms with Crippen LogP contribution in [0.3, 0.4) is 0 Å². The third-order valence-corrected chi connectivity index (χ3v) is 3.29. The molecule has 0 spiro atoms. The van der Waals surface area contributed by atoms with E-state index in [0.29, 0.717) is 6.04 Å². The van der Waals surface area contributed by atoms with E-state index in [1.165, 1.54) is 37.0 Å². The average molecular weight is 266 g/mol. The first-order valence-corrected chi connectivity index (χ1v) is 7.28. The molecule has 1 N–H and O–H groups in total. The zero-order valence-electron chi connectivity index (χ0n) is 12.5. The molecule has 1 aromatic carbocycles. The van der Waals surface area contributed by atoms with Crippen LogP contribution in [0.1, 0.15) is 38.7 Å². The summed E-state index contributed by atoms with van der Waals surface area (Å²) in [5, 5.41) is 3.50. The number of nitrogens with zero attached hydrogens (tertiary/aromatic N) is 1. The molecule has 19 heavy (non-hydrogen) atoms. The largest absolute Gasteiger partial charge is 0.314 e. The zero-order valence-corrected chi connectivity index (χ0v) is 12.5. The molecule has 2 nitrogen and oxygen atoms in total. The van der Waals surface area contributed by atoms with Gasteiger partial charge < -0.3 is 10.2 Å². The van der Waals surface area contributed by atoms with Gasteiger partial charge in [-0.1, -0.05) is 19.1 Å². The van der Waals surface area contributed by atoms with Gasteiger partial charge in [0, 0.05) is 12.6 Å². The highest BCUT2D eigenvalue weighted by molar-refractivity contribution is 5.15. The minimum Gasteiger partial charge on any atom is -0.314 e. The fourth-order valence-corrected chi connectivity index (χ4v) is 2.14. The highest BCUT2D eigenvalue weighted by Gasteiger charge is 2.03. The number of hydrogen-bond donors (Lipinski definition) is 1. The van der Waals surface area contributed by atoms with E-state index >= 15 is 0 Å². The fourth-order valence-electron chi connectivity index (χ4n) is 2.14. The lowest BCUT2D eigenvalue weighted by atomic mass is 10.1. The Hall–Kier alpha value is -0.930. The van der Waals surface area contributed by atoms with Crippen LogP contribution in [-0.4, -0.2) is 31.1 Å². The van der Waals surface area contributed by atoms with Crippen molar-refractivity contribution in [2.24, 2.45) is 0 Å². The number of nitrogens with one attached hydrogen (secondary N) is 1. The molecular formula is C16H27FN2. The topological polar surface area (TPSA) is 15.3 Å². The summed E-state index contributed by atoms with van der Waals surface area (Å²) in [7, 11) is 2.12. The van der Waals surface area contributed by atoms with Crippen molar-refractivity contribution >= 4 is 0 Å². The molecule has 0 aromatic heterocycles. The first kappa shape index (κ1) is 16.1. The summed E-state index contributed by atoms with van der Waals surface area (Å²) in [6.45, 7) is 7.50. The van der Waals surface area contributed by atoms with Crippen molar-refractivity contribution in [2.75, 3.05) is 20.1 Å². The van der Waals surface area contributed by atoms with E-state index in [0.717, 1.165) is 19.6 Å². The first-order valence-electron chi connectivity index (χ1n) is 7.28. The lowest BCUT2D eigenvalue weighted by molar-refractivity contribution is 0.310. The Morgan fingerprint density at radius 3 is 2.58 bits per heavy atom. The lowest BCUT2D eigenvalue weighted by Gasteiger charge is -2.18. The molecule has 1 unspecified atom stereocenters. The highest BCUT2D eigenvalue weighted by atomic mass is 19.1. The monoisotopic (exact) mass is 266 g/mol. The highest BCUT2D eigenvalue weighted by Crippen LogP contribution is 2.07. The maximum Gasteiger partial charge on any atom is 0.123 e. The van der Waals surface area contributed by atoms with Crippen LogP contribution < -0.4 is 5.32 Å². The van der Waals surface area contributed by atoms with Crippen molar-refractivity contribution in [3.05, 3.63) is 35.6 Å². The van der Waals surface area contributed by atoms with E-state index in [4.69, 9.17) is 0 Å². The maximum absolute atomic E-state index is 12.8. The van der Waals surface area contributed by atoms with Gasteiger partial charge in [-0.2, -0.15) is 0 Å². The van der Waals surface area contributed by atoms with Crippen molar-refractivity contribution in [2.45, 2.75) is 45.7 Å². The Morgan fingerprint density at radius 2 is 1.95 bits per heavy atom. The van der Waals surface area contributed by atoms with Crippen molar-refractivity contribution < 1.29 is 4.39 Å². The lowest BCUT2D eigenvalue weighted by Crippen LogP contribution is -2.28. The van der Waals surface area contributed by atoms with E-state index in [1.807, 2.05) is 12.1 Å². The second-order valence-electron chi connectivity index (χ2n) is 5.36. The van der Waals surface area contributed by atoms with E-state index in [9.17, 15) is 4.39 Å². The molecule has 1 aromatic rings. The van der Waals surface area contributed by atoms with Gasteiger partial charge in [-0.15, -0.1) is 0 Å². The van der Waals surface area contributed by atoms with Crippen molar-refractivity contribution in [1.82, 2.24) is 10.2 Å². The van der Waals surface area contributed by atoms with Crippen LogP contribution in [0.2, 0.25) is 0 Å². The Bertz CT molecular complexity index is 337. The summed E-state index contributed by atoms with van der Waals surface area (Å²) in [4.78, 5) is 2.29. The second-order valence-corrected chi connectivity index (χ2v) is 5.36. The molecule has 0 aliphatic rings. The molecule has 1 atom stereocenters. The average Bonchev–Trinajstić information content (AvgIpc) is 2.39. The van der Waals surface area contributed by atoms with Crippen molar-refractivity contribution in [3.8, 4) is 0 Å². The number of rotatable bonds is 9. The summed E-state index contributed by atoms with van der Waals surface area (Å²) in [5.41, 5.74) is 1.17. The molecule has 0 fully saturated rings. The SMILES string of the molecule is CCCNC(C)CCCN(C)Cc1ccc(F)cc1. The summed E-state index contributed by atoms with van der Waals surface area (Å²) < 4.78 is 12.8. The number of halogens is 1. The van der Waals surface area contributed by atoms with Crippen LogP contribution in [0, 0.1) is 5.82 Å². The second kappa shape index (κ2) is 9.05. The Morgan fingerprint density at radius 1 is 1.26 bits per heavy atom. The van der Waals surface area contributed by atoms with E-state index < -0.39 is 0 Å². The Balaban J connectivity index is 2.17. The van der Waals surface area contributed by atoms with Crippen LogP contribution in [0.4, 0.5) is 4.39 Å². The molecule has 0 radical (unpaired) electrons. The van der Waals surface area contributed by atoms with E-state index in [2.05, 4.69) is 31.1 Å². The molecule has 0 bridgehead atoms. The van der Waals surface area contributed by atoms with Gasteiger partial charge in [0.2, 0.25) is 0 Å². The van der Waals surface area contributed by atoms with Crippen LogP contribution in [0.15, 0.2) is 24.3 Å². The van der Waals surface area contributed by atoms with Gasteiger partial charge >= 0.3 is 0 Å². The van der Waals surface area contributed by atoms with Gasteiger partial charge in [0.1, 0.15) is 5.82 Å². The minimum absolute atomic E-state index is 0.165. The zero-order chi connectivity index (χ0) is 14.1. The van der Waals surface area contributed by atoms with Gasteiger partial charge in [-0.05, 0) is 64.0 Å². The molecule has 3 heteroatoms. The summed E-state index contributed by atoms with van der Waals surface area (Å²) in [6, 6.07) is 7.37. The standard InChI is InChI=1S/C16H27FN2/c1-4-11-18-14(2)6-5-12-19(3)13-15-7-9-16(17)10-8-15/h7-10,14,18H,4-6,11-13H2,1-3H3. The fraction of sp³-hybridized carbons (Fsp3) is 0.625. The Kier molecular flexibility index (Phi) is 7.68. The predicted molar refractivity (Wildman–Crippen MR) is 79.7 cm³/mol. The van der Waals surface area contributed by atoms with Crippen molar-refractivity contribution in [1.29, 1.82) is 0 Å². The van der Waals surface area contributed by atoms with Gasteiger partial charge in [-0.3, -0.25) is 0 Å². The van der Waals surface area contributed by atoms with E-state index in [1.54, 1.807) is 0 Å². The van der Waals surface area contributed by atoms with Gasteiger partial charge in [0.25, 0.3) is 0 Å². The quantitative estimate of drug-likeness (QED) is 0.736. The van der Waals surface area contributed by atoms with Gasteiger partial charge in [0.05, 0.1) is 0 Å². The Labute approximate surface area is 117 Å².